The quantitative estimate of drug-likeness (QED) is 0.862. The van der Waals surface area contributed by atoms with Crippen LogP contribution in [0, 0.1) is 11.7 Å². The van der Waals surface area contributed by atoms with Crippen LogP contribution in [0.25, 0.3) is 0 Å². The van der Waals surface area contributed by atoms with Crippen LogP contribution in [0.4, 0.5) is 4.39 Å². The first-order valence-corrected chi connectivity index (χ1v) is 6.64. The van der Waals surface area contributed by atoms with E-state index in [2.05, 4.69) is 13.8 Å². The lowest BCUT2D eigenvalue weighted by atomic mass is 9.94. The third-order valence-electron chi connectivity index (χ3n) is 2.91. The van der Waals surface area contributed by atoms with E-state index in [-0.39, 0.29) is 18.0 Å². The van der Waals surface area contributed by atoms with Crippen molar-refractivity contribution in [1.82, 2.24) is 0 Å². The van der Waals surface area contributed by atoms with E-state index < -0.39 is 0 Å². The molecule has 1 aromatic rings. The number of hydrogen-bond donors (Lipinski definition) is 1. The summed E-state index contributed by atoms with van der Waals surface area (Å²) < 4.78 is 19.3. The molecule has 0 radical (unpaired) electrons. The zero-order chi connectivity index (χ0) is 13.7. The number of benzene rings is 1. The molecule has 0 aliphatic heterocycles. The molecule has 0 aliphatic rings. The first kappa shape index (κ1) is 15.4. The van der Waals surface area contributed by atoms with Gasteiger partial charge in [-0.05, 0) is 37.0 Å². The molecule has 1 aromatic carbocycles. The Balaban J connectivity index is 2.75. The smallest absolute Gasteiger partial charge is 0.127 e. The standard InChI is InChI=1S/C14H21ClFNO/c1-4-18-14(9(2)3)13(17)7-10-5-6-11(15)8-12(10)16/h5-6,8-9,13-14H,4,7,17H2,1-3H3. The van der Waals surface area contributed by atoms with Crippen LogP contribution in [-0.2, 0) is 11.2 Å². The summed E-state index contributed by atoms with van der Waals surface area (Å²) in [6.07, 6.45) is 0.386. The van der Waals surface area contributed by atoms with E-state index >= 15 is 0 Å². The second-order valence-corrected chi connectivity index (χ2v) is 5.20. The molecule has 0 saturated heterocycles. The van der Waals surface area contributed by atoms with Gasteiger partial charge in [0.1, 0.15) is 5.82 Å². The van der Waals surface area contributed by atoms with Crippen molar-refractivity contribution in [2.75, 3.05) is 6.61 Å². The summed E-state index contributed by atoms with van der Waals surface area (Å²) in [6.45, 7) is 6.65. The number of halogens is 2. The average Bonchev–Trinajstić information content (AvgIpc) is 2.29. The number of rotatable bonds is 6. The van der Waals surface area contributed by atoms with Crippen molar-refractivity contribution in [3.05, 3.63) is 34.6 Å². The van der Waals surface area contributed by atoms with Crippen LogP contribution in [0.15, 0.2) is 18.2 Å². The normalized spacial score (nSPS) is 14.8. The molecular weight excluding hydrogens is 253 g/mol. The Morgan fingerprint density at radius 3 is 2.56 bits per heavy atom. The predicted molar refractivity (Wildman–Crippen MR) is 73.3 cm³/mol. The first-order valence-electron chi connectivity index (χ1n) is 6.26. The van der Waals surface area contributed by atoms with Gasteiger partial charge in [0.25, 0.3) is 0 Å². The SMILES string of the molecule is CCOC(C(C)C)C(N)Cc1ccc(Cl)cc1F. The van der Waals surface area contributed by atoms with Crippen molar-refractivity contribution in [2.45, 2.75) is 39.3 Å². The van der Waals surface area contributed by atoms with Gasteiger partial charge in [0.2, 0.25) is 0 Å². The van der Waals surface area contributed by atoms with E-state index in [0.29, 0.717) is 29.5 Å². The maximum atomic E-state index is 13.7. The molecule has 102 valence electrons. The molecule has 0 aromatic heterocycles. The van der Waals surface area contributed by atoms with E-state index in [1.165, 1.54) is 6.07 Å². The lowest BCUT2D eigenvalue weighted by molar-refractivity contribution is 0.0126. The summed E-state index contributed by atoms with van der Waals surface area (Å²) in [5.41, 5.74) is 6.70. The molecule has 0 heterocycles. The van der Waals surface area contributed by atoms with Gasteiger partial charge in [-0.25, -0.2) is 4.39 Å². The maximum Gasteiger partial charge on any atom is 0.127 e. The van der Waals surface area contributed by atoms with E-state index in [0.717, 1.165) is 0 Å². The third kappa shape index (κ3) is 4.23. The zero-order valence-corrected chi connectivity index (χ0v) is 11.9. The summed E-state index contributed by atoms with van der Waals surface area (Å²) in [5, 5.41) is 0.398. The fourth-order valence-electron chi connectivity index (χ4n) is 2.06. The number of nitrogens with two attached hydrogens (primary N) is 1. The van der Waals surface area contributed by atoms with Gasteiger partial charge < -0.3 is 10.5 Å². The van der Waals surface area contributed by atoms with Crippen LogP contribution >= 0.6 is 11.6 Å². The molecule has 2 unspecified atom stereocenters. The molecule has 0 amide bonds. The average molecular weight is 274 g/mol. The molecule has 1 rings (SSSR count). The van der Waals surface area contributed by atoms with Crippen LogP contribution < -0.4 is 5.73 Å². The first-order chi connectivity index (χ1) is 8.45. The van der Waals surface area contributed by atoms with Crippen molar-refractivity contribution in [3.63, 3.8) is 0 Å². The Morgan fingerprint density at radius 1 is 1.39 bits per heavy atom. The highest BCUT2D eigenvalue weighted by molar-refractivity contribution is 6.30. The second kappa shape index (κ2) is 7.07. The number of ether oxygens (including phenoxy) is 1. The van der Waals surface area contributed by atoms with E-state index in [1.807, 2.05) is 6.92 Å². The minimum Gasteiger partial charge on any atom is -0.377 e. The summed E-state index contributed by atoms with van der Waals surface area (Å²) >= 11 is 5.72. The van der Waals surface area contributed by atoms with Crippen molar-refractivity contribution in [3.8, 4) is 0 Å². The molecule has 0 fully saturated rings. The van der Waals surface area contributed by atoms with Gasteiger partial charge >= 0.3 is 0 Å². The molecular formula is C14H21ClFNO. The van der Waals surface area contributed by atoms with Gasteiger partial charge in [0.05, 0.1) is 6.10 Å². The summed E-state index contributed by atoms with van der Waals surface area (Å²) in [7, 11) is 0. The molecule has 2 N–H and O–H groups in total. The van der Waals surface area contributed by atoms with Gasteiger partial charge in [-0.2, -0.15) is 0 Å². The van der Waals surface area contributed by atoms with Crippen LogP contribution in [0.1, 0.15) is 26.3 Å². The van der Waals surface area contributed by atoms with Crippen molar-refractivity contribution in [2.24, 2.45) is 11.7 Å². The molecule has 0 spiro atoms. The van der Waals surface area contributed by atoms with Gasteiger partial charge in [-0.3, -0.25) is 0 Å². The minimum absolute atomic E-state index is 0.0647. The van der Waals surface area contributed by atoms with Gasteiger partial charge in [-0.15, -0.1) is 0 Å². The maximum absolute atomic E-state index is 13.7. The van der Waals surface area contributed by atoms with Crippen LogP contribution in [0.3, 0.4) is 0 Å². The van der Waals surface area contributed by atoms with E-state index in [9.17, 15) is 4.39 Å². The lowest BCUT2D eigenvalue weighted by Gasteiger charge is -2.27. The van der Waals surface area contributed by atoms with Crippen LogP contribution in [0.5, 0.6) is 0 Å². The largest absolute Gasteiger partial charge is 0.377 e. The Labute approximate surface area is 113 Å². The Morgan fingerprint density at radius 2 is 2.06 bits per heavy atom. The summed E-state index contributed by atoms with van der Waals surface area (Å²) in [5.74, 6) is -0.00716. The summed E-state index contributed by atoms with van der Waals surface area (Å²) in [4.78, 5) is 0. The van der Waals surface area contributed by atoms with Gasteiger partial charge in [0, 0.05) is 17.7 Å². The number of hydrogen-bond acceptors (Lipinski definition) is 2. The Kier molecular flexibility index (Phi) is 6.06. The molecule has 0 saturated carbocycles. The Hall–Kier alpha value is -0.640. The lowest BCUT2D eigenvalue weighted by Crippen LogP contribution is -2.42. The molecule has 2 nitrogen and oxygen atoms in total. The van der Waals surface area contributed by atoms with Gasteiger partial charge in [0.15, 0.2) is 0 Å². The highest BCUT2D eigenvalue weighted by atomic mass is 35.5. The zero-order valence-electron chi connectivity index (χ0n) is 11.1. The fraction of sp³-hybridized carbons (Fsp3) is 0.571. The minimum atomic E-state index is -0.308. The van der Waals surface area contributed by atoms with Crippen molar-refractivity contribution >= 4 is 11.6 Å². The van der Waals surface area contributed by atoms with Crippen molar-refractivity contribution in [1.29, 1.82) is 0 Å². The van der Waals surface area contributed by atoms with E-state index in [1.54, 1.807) is 12.1 Å². The molecule has 4 heteroatoms. The predicted octanol–water partition coefficient (Wildman–Crippen LogP) is 3.41. The van der Waals surface area contributed by atoms with Crippen LogP contribution in [0.2, 0.25) is 5.02 Å². The highest BCUT2D eigenvalue weighted by Gasteiger charge is 2.22. The topological polar surface area (TPSA) is 35.2 Å². The fourth-order valence-corrected chi connectivity index (χ4v) is 2.22. The van der Waals surface area contributed by atoms with Crippen molar-refractivity contribution < 1.29 is 9.13 Å². The Bertz CT molecular complexity index is 384. The molecule has 2 atom stereocenters. The third-order valence-corrected chi connectivity index (χ3v) is 3.14. The molecule has 18 heavy (non-hydrogen) atoms. The second-order valence-electron chi connectivity index (χ2n) is 4.77. The molecule has 0 aliphatic carbocycles. The van der Waals surface area contributed by atoms with E-state index in [4.69, 9.17) is 22.1 Å². The highest BCUT2D eigenvalue weighted by Crippen LogP contribution is 2.19. The van der Waals surface area contributed by atoms with Gasteiger partial charge in [-0.1, -0.05) is 31.5 Å². The molecule has 0 bridgehead atoms. The van der Waals surface area contributed by atoms with Crippen LogP contribution in [-0.4, -0.2) is 18.8 Å². The monoisotopic (exact) mass is 273 g/mol. The summed E-state index contributed by atoms with van der Waals surface area (Å²) in [6, 6.07) is 4.45.